The number of carboxylic acid groups (broad SMARTS) is 1. The molecule has 4 nitrogen and oxygen atoms in total. The predicted molar refractivity (Wildman–Crippen MR) is 71.7 cm³/mol. The highest BCUT2D eigenvalue weighted by atomic mass is 16.5. The molecule has 1 N–H and O–H groups in total. The lowest BCUT2D eigenvalue weighted by Crippen LogP contribution is -2.49. The van der Waals surface area contributed by atoms with Gasteiger partial charge in [-0.3, -0.25) is 9.69 Å². The first-order valence-corrected chi connectivity index (χ1v) is 6.89. The zero-order valence-electron chi connectivity index (χ0n) is 12.1. The maximum absolute atomic E-state index is 11.3. The second kappa shape index (κ2) is 6.53. The van der Waals surface area contributed by atoms with Gasteiger partial charge in [-0.1, -0.05) is 6.92 Å². The van der Waals surface area contributed by atoms with E-state index >= 15 is 0 Å². The van der Waals surface area contributed by atoms with Gasteiger partial charge in [0.05, 0.1) is 12.0 Å². The van der Waals surface area contributed by atoms with Gasteiger partial charge in [0.15, 0.2) is 0 Å². The number of hydrogen-bond donors (Lipinski definition) is 1. The van der Waals surface area contributed by atoms with E-state index in [9.17, 15) is 9.90 Å². The molecule has 0 aromatic heterocycles. The number of methoxy groups -OCH3 is 1. The largest absolute Gasteiger partial charge is 0.481 e. The first-order valence-electron chi connectivity index (χ1n) is 6.89. The van der Waals surface area contributed by atoms with Crippen LogP contribution in [-0.4, -0.2) is 48.8 Å². The Morgan fingerprint density at radius 3 is 2.72 bits per heavy atom. The van der Waals surface area contributed by atoms with Gasteiger partial charge in [-0.2, -0.15) is 0 Å². The highest BCUT2D eigenvalue weighted by Crippen LogP contribution is 2.35. The molecule has 0 spiro atoms. The van der Waals surface area contributed by atoms with Crippen LogP contribution in [0.25, 0.3) is 0 Å². The summed E-state index contributed by atoms with van der Waals surface area (Å²) >= 11 is 0. The summed E-state index contributed by atoms with van der Waals surface area (Å²) in [5, 5.41) is 9.34. The number of aliphatic carboxylic acids is 1. The lowest BCUT2D eigenvalue weighted by molar-refractivity contribution is -0.151. The average Bonchev–Trinajstić information content (AvgIpc) is 2.35. The fraction of sp³-hybridized carbons (Fsp3) is 0.929. The van der Waals surface area contributed by atoms with Gasteiger partial charge in [-0.25, -0.2) is 0 Å². The van der Waals surface area contributed by atoms with Crippen molar-refractivity contribution in [1.29, 1.82) is 0 Å². The molecule has 1 heterocycles. The van der Waals surface area contributed by atoms with E-state index in [1.165, 1.54) is 0 Å². The lowest BCUT2D eigenvalue weighted by atomic mass is 9.74. The summed E-state index contributed by atoms with van der Waals surface area (Å²) in [5.74, 6) is -0.455. The number of ether oxygens (including phenoxy) is 1. The topological polar surface area (TPSA) is 49.8 Å². The van der Waals surface area contributed by atoms with Crippen LogP contribution >= 0.6 is 0 Å². The minimum atomic E-state index is -0.686. The second-order valence-corrected chi connectivity index (χ2v) is 5.88. The maximum atomic E-state index is 11.3. The second-order valence-electron chi connectivity index (χ2n) is 5.88. The molecule has 2 unspecified atom stereocenters. The number of nitrogens with zero attached hydrogens (tertiary/aromatic N) is 1. The molecule has 0 bridgehead atoms. The van der Waals surface area contributed by atoms with Gasteiger partial charge in [0.1, 0.15) is 0 Å². The van der Waals surface area contributed by atoms with Gasteiger partial charge in [-0.05, 0) is 45.6 Å². The minimum Gasteiger partial charge on any atom is -0.481 e. The molecule has 4 heteroatoms. The first-order chi connectivity index (χ1) is 8.43. The summed E-state index contributed by atoms with van der Waals surface area (Å²) in [6, 6.07) is 0.419. The zero-order valence-corrected chi connectivity index (χ0v) is 12.1. The van der Waals surface area contributed by atoms with Crippen LogP contribution in [0.1, 0.15) is 40.0 Å². The summed E-state index contributed by atoms with van der Waals surface area (Å²) in [7, 11) is 1.73. The van der Waals surface area contributed by atoms with Crippen LogP contribution in [0.2, 0.25) is 0 Å². The SMILES string of the molecule is CCC(COC)N1CCCC(C(C)(C)C(=O)O)C1. The van der Waals surface area contributed by atoms with Gasteiger partial charge in [0.25, 0.3) is 0 Å². The molecule has 0 aliphatic carbocycles. The van der Waals surface area contributed by atoms with E-state index in [-0.39, 0.29) is 5.92 Å². The third-order valence-corrected chi connectivity index (χ3v) is 4.37. The fourth-order valence-electron chi connectivity index (χ4n) is 2.78. The minimum absolute atomic E-state index is 0.231. The van der Waals surface area contributed by atoms with E-state index in [1.807, 2.05) is 13.8 Å². The molecule has 18 heavy (non-hydrogen) atoms. The van der Waals surface area contributed by atoms with E-state index in [0.717, 1.165) is 39.0 Å². The fourth-order valence-corrected chi connectivity index (χ4v) is 2.78. The van der Waals surface area contributed by atoms with Crippen molar-refractivity contribution in [2.24, 2.45) is 11.3 Å². The van der Waals surface area contributed by atoms with Crippen molar-refractivity contribution in [3.8, 4) is 0 Å². The molecule has 1 rings (SSSR count). The quantitative estimate of drug-likeness (QED) is 0.793. The smallest absolute Gasteiger partial charge is 0.309 e. The number of likely N-dealkylation sites (tertiary alicyclic amines) is 1. The van der Waals surface area contributed by atoms with Crippen molar-refractivity contribution in [3.05, 3.63) is 0 Å². The lowest BCUT2D eigenvalue weighted by Gasteiger charge is -2.42. The van der Waals surface area contributed by atoms with E-state index in [0.29, 0.717) is 6.04 Å². The average molecular weight is 257 g/mol. The molecule has 1 aliphatic rings. The predicted octanol–water partition coefficient (Wildman–Crippen LogP) is 2.23. The van der Waals surface area contributed by atoms with Gasteiger partial charge in [0, 0.05) is 19.7 Å². The normalized spacial score (nSPS) is 23.9. The number of carboxylic acids is 1. The third-order valence-electron chi connectivity index (χ3n) is 4.37. The van der Waals surface area contributed by atoms with E-state index in [1.54, 1.807) is 7.11 Å². The Labute approximate surface area is 110 Å². The van der Waals surface area contributed by atoms with Crippen molar-refractivity contribution in [3.63, 3.8) is 0 Å². The van der Waals surface area contributed by atoms with Crippen molar-refractivity contribution >= 4 is 5.97 Å². The number of hydrogen-bond acceptors (Lipinski definition) is 3. The molecule has 0 saturated carbocycles. The van der Waals surface area contributed by atoms with E-state index in [2.05, 4.69) is 11.8 Å². The number of piperidine rings is 1. The molecule has 2 atom stereocenters. The zero-order chi connectivity index (χ0) is 13.8. The van der Waals surface area contributed by atoms with Crippen LogP contribution in [0.4, 0.5) is 0 Å². The molecule has 0 aromatic rings. The molecule has 1 fully saturated rings. The van der Waals surface area contributed by atoms with Crippen molar-refractivity contribution in [1.82, 2.24) is 4.90 Å². The Morgan fingerprint density at radius 2 is 2.22 bits per heavy atom. The summed E-state index contributed by atoms with van der Waals surface area (Å²) in [4.78, 5) is 13.8. The highest BCUT2D eigenvalue weighted by molar-refractivity contribution is 5.74. The molecule has 1 aliphatic heterocycles. The summed E-state index contributed by atoms with van der Waals surface area (Å²) < 4.78 is 5.26. The maximum Gasteiger partial charge on any atom is 0.309 e. The van der Waals surface area contributed by atoms with Crippen LogP contribution in [0, 0.1) is 11.3 Å². The number of rotatable bonds is 6. The Morgan fingerprint density at radius 1 is 1.56 bits per heavy atom. The van der Waals surface area contributed by atoms with Crippen molar-refractivity contribution in [2.75, 3.05) is 26.8 Å². The molecule has 0 radical (unpaired) electrons. The molecular weight excluding hydrogens is 230 g/mol. The van der Waals surface area contributed by atoms with E-state index < -0.39 is 11.4 Å². The molecule has 0 aromatic carbocycles. The van der Waals surface area contributed by atoms with Crippen molar-refractivity contribution in [2.45, 2.75) is 46.1 Å². The van der Waals surface area contributed by atoms with Crippen LogP contribution < -0.4 is 0 Å². The van der Waals surface area contributed by atoms with Crippen LogP contribution in [0.15, 0.2) is 0 Å². The van der Waals surface area contributed by atoms with Crippen LogP contribution in [0.3, 0.4) is 0 Å². The molecular formula is C14H27NO3. The van der Waals surface area contributed by atoms with Crippen LogP contribution in [0.5, 0.6) is 0 Å². The Balaban J connectivity index is 2.68. The van der Waals surface area contributed by atoms with Gasteiger partial charge in [0.2, 0.25) is 0 Å². The summed E-state index contributed by atoms with van der Waals surface area (Å²) in [6.07, 6.45) is 3.15. The molecule has 0 amide bonds. The van der Waals surface area contributed by atoms with Gasteiger partial charge in [-0.15, -0.1) is 0 Å². The molecule has 106 valence electrons. The highest BCUT2D eigenvalue weighted by Gasteiger charge is 2.39. The van der Waals surface area contributed by atoms with E-state index in [4.69, 9.17) is 4.74 Å². The van der Waals surface area contributed by atoms with Gasteiger partial charge < -0.3 is 9.84 Å². The van der Waals surface area contributed by atoms with Crippen LogP contribution in [-0.2, 0) is 9.53 Å². The summed E-state index contributed by atoms with van der Waals surface area (Å²) in [6.45, 7) is 8.53. The van der Waals surface area contributed by atoms with Gasteiger partial charge >= 0.3 is 5.97 Å². The third kappa shape index (κ3) is 3.45. The monoisotopic (exact) mass is 257 g/mol. The molecule has 1 saturated heterocycles. The Hall–Kier alpha value is -0.610. The Bertz CT molecular complexity index is 278. The summed E-state index contributed by atoms with van der Waals surface area (Å²) in [5.41, 5.74) is -0.635. The Kier molecular flexibility index (Phi) is 5.60. The standard InChI is InChI=1S/C14H27NO3/c1-5-12(10-18-4)15-8-6-7-11(9-15)14(2,3)13(16)17/h11-12H,5-10H2,1-4H3,(H,16,17). The first kappa shape index (κ1) is 15.4. The van der Waals surface area contributed by atoms with Crippen molar-refractivity contribution < 1.29 is 14.6 Å². The number of carbonyl (C=O) groups is 1.